The Balaban J connectivity index is -0.000000405. The van der Waals surface area contributed by atoms with Crippen molar-refractivity contribution < 1.29 is 61.6 Å². The van der Waals surface area contributed by atoms with Crippen molar-refractivity contribution in [2.75, 3.05) is 6.61 Å². The fourth-order valence-corrected chi connectivity index (χ4v) is 0.518. The van der Waals surface area contributed by atoms with Crippen molar-refractivity contribution in [1.29, 1.82) is 0 Å². The Bertz CT molecular complexity index is 167. The van der Waals surface area contributed by atoms with E-state index < -0.39 is 13.3 Å². The van der Waals surface area contributed by atoms with Crippen LogP contribution in [0.2, 0.25) is 0 Å². The molecular formula is C4H7Li2O5P. The third-order valence-electron chi connectivity index (χ3n) is 0.653. The number of carbonyl (C=O) groups is 1. The molecule has 5 nitrogen and oxygen atoms in total. The molecule has 0 saturated heterocycles. The van der Waals surface area contributed by atoms with Crippen LogP contribution in [-0.4, -0.2) is 12.3 Å². The van der Waals surface area contributed by atoms with Gasteiger partial charge >= 0.3 is 43.4 Å². The summed E-state index contributed by atoms with van der Waals surface area (Å²) in [5, 5.41) is 0. The normalized spacial score (nSPS) is 9.25. The van der Waals surface area contributed by atoms with E-state index in [1.54, 1.807) is 6.92 Å². The van der Waals surface area contributed by atoms with Crippen LogP contribution in [-0.2, 0) is 9.30 Å². The molecule has 0 atom stereocenters. The zero-order chi connectivity index (χ0) is 8.20. The molecule has 0 unspecified atom stereocenters. The number of hydrogen-bond donors (Lipinski definition) is 0. The van der Waals surface area contributed by atoms with Gasteiger partial charge in [0.25, 0.3) is 0 Å². The molecule has 0 heterocycles. The molecule has 0 rings (SSSR count). The van der Waals surface area contributed by atoms with Crippen LogP contribution in [0, 0.1) is 0 Å². The van der Waals surface area contributed by atoms with Gasteiger partial charge in [-0.1, -0.05) is 6.92 Å². The predicted octanol–water partition coefficient (Wildman–Crippen LogP) is -6.55. The number of ether oxygens (including phenoxy) is 1. The molecule has 0 amide bonds. The topological polar surface area (TPSA) is 89.5 Å². The molecule has 12 heavy (non-hydrogen) atoms. The summed E-state index contributed by atoms with van der Waals surface area (Å²) >= 11 is 0. The molecule has 0 aliphatic carbocycles. The van der Waals surface area contributed by atoms with Crippen molar-refractivity contribution in [2.45, 2.75) is 13.3 Å². The van der Waals surface area contributed by atoms with E-state index in [2.05, 4.69) is 4.74 Å². The molecule has 0 N–H and O–H groups in total. The number of carbonyl (C=O) groups excluding carboxylic acids is 1. The van der Waals surface area contributed by atoms with Gasteiger partial charge in [0.2, 0.25) is 0 Å². The first-order chi connectivity index (χ1) is 4.48. The molecule has 0 aliphatic rings. The van der Waals surface area contributed by atoms with E-state index in [1.807, 2.05) is 0 Å². The summed E-state index contributed by atoms with van der Waals surface area (Å²) in [7, 11) is -5.15. The smallest absolute Gasteiger partial charge is 0.803 e. The molecule has 0 fully saturated rings. The Morgan fingerprint density at radius 1 is 1.42 bits per heavy atom. The fourth-order valence-electron chi connectivity index (χ4n) is 0.268. The zero-order valence-corrected chi connectivity index (χ0v) is 8.30. The Morgan fingerprint density at radius 3 is 2.08 bits per heavy atom. The van der Waals surface area contributed by atoms with E-state index in [0.29, 0.717) is 6.42 Å². The minimum absolute atomic E-state index is 0. The van der Waals surface area contributed by atoms with Gasteiger partial charge in [0.15, 0.2) is 0 Å². The molecule has 0 aliphatic heterocycles. The molecule has 0 radical (unpaired) electrons. The maximum Gasteiger partial charge on any atom is 1.00 e. The van der Waals surface area contributed by atoms with Crippen LogP contribution in [0.3, 0.4) is 0 Å². The second-order valence-corrected chi connectivity index (χ2v) is 2.97. The van der Waals surface area contributed by atoms with Gasteiger partial charge in [0, 0.05) is 7.60 Å². The summed E-state index contributed by atoms with van der Waals surface area (Å²) in [4.78, 5) is 29.8. The van der Waals surface area contributed by atoms with E-state index in [1.165, 1.54) is 0 Å². The fraction of sp³-hybridized carbons (Fsp3) is 0.750. The summed E-state index contributed by atoms with van der Waals surface area (Å²) in [6.07, 6.45) is 0.492. The third kappa shape index (κ3) is 8.91. The Labute approximate surface area is 94.8 Å². The van der Waals surface area contributed by atoms with E-state index in [0.717, 1.165) is 0 Å². The number of hydrogen-bond acceptors (Lipinski definition) is 5. The van der Waals surface area contributed by atoms with Crippen molar-refractivity contribution in [3.63, 3.8) is 0 Å². The van der Waals surface area contributed by atoms with Crippen molar-refractivity contribution in [3.8, 4) is 0 Å². The van der Waals surface area contributed by atoms with Gasteiger partial charge in [-0.05, 0) is 6.42 Å². The average Bonchev–Trinajstić information content (AvgIpc) is 1.80. The molecule has 0 aromatic carbocycles. The summed E-state index contributed by atoms with van der Waals surface area (Å²) in [5.74, 6) is 0. The van der Waals surface area contributed by atoms with Crippen molar-refractivity contribution in [3.05, 3.63) is 0 Å². The minimum atomic E-state index is -5.15. The average molecular weight is 180 g/mol. The third-order valence-corrected chi connectivity index (χ3v) is 1.23. The van der Waals surface area contributed by atoms with E-state index in [-0.39, 0.29) is 44.3 Å². The van der Waals surface area contributed by atoms with Crippen LogP contribution < -0.4 is 47.5 Å². The maximum absolute atomic E-state index is 10.1. The van der Waals surface area contributed by atoms with Crippen LogP contribution in [0.15, 0.2) is 0 Å². The molecule has 0 aromatic rings. The predicted molar refractivity (Wildman–Crippen MR) is 29.2 cm³/mol. The van der Waals surface area contributed by atoms with Gasteiger partial charge in [0.1, 0.15) is 0 Å². The largest absolute Gasteiger partial charge is 1.00 e. The minimum Gasteiger partial charge on any atom is -0.803 e. The van der Waals surface area contributed by atoms with Gasteiger partial charge in [-0.2, -0.15) is 0 Å². The van der Waals surface area contributed by atoms with Gasteiger partial charge in [-0.15, -0.1) is 0 Å². The van der Waals surface area contributed by atoms with Crippen molar-refractivity contribution >= 4 is 13.3 Å². The molecular weight excluding hydrogens is 173 g/mol. The molecule has 60 valence electrons. The standard InChI is InChI=1S/C4H9O5P.2Li/c1-2-3-9-4(5)10(6,7)8;;/h2-3H2,1H3,(H2,6,7,8);;/q;2*+1/p-2. The monoisotopic (exact) mass is 180 g/mol. The second kappa shape index (κ2) is 8.41. The summed E-state index contributed by atoms with van der Waals surface area (Å²) in [5.41, 5.74) is -1.67. The van der Waals surface area contributed by atoms with Gasteiger partial charge in [-0.3, -0.25) is 0 Å². The van der Waals surface area contributed by atoms with Crippen LogP contribution in [0.1, 0.15) is 13.3 Å². The van der Waals surface area contributed by atoms with Gasteiger partial charge in [-0.25, -0.2) is 4.79 Å². The van der Waals surface area contributed by atoms with Gasteiger partial charge in [0.05, 0.1) is 6.61 Å². The van der Waals surface area contributed by atoms with Crippen LogP contribution in [0.4, 0.5) is 4.79 Å². The van der Waals surface area contributed by atoms with Crippen LogP contribution >= 0.6 is 7.60 Å². The van der Waals surface area contributed by atoms with E-state index in [9.17, 15) is 19.1 Å². The molecule has 0 aromatic heterocycles. The van der Waals surface area contributed by atoms with Crippen LogP contribution in [0.5, 0.6) is 0 Å². The van der Waals surface area contributed by atoms with E-state index in [4.69, 9.17) is 0 Å². The molecule has 8 heteroatoms. The summed E-state index contributed by atoms with van der Waals surface area (Å²) in [6, 6.07) is 0. The quantitative estimate of drug-likeness (QED) is 0.318. The molecule has 0 saturated carbocycles. The zero-order valence-electron chi connectivity index (χ0n) is 7.40. The maximum atomic E-state index is 10.1. The van der Waals surface area contributed by atoms with E-state index >= 15 is 0 Å². The van der Waals surface area contributed by atoms with Crippen molar-refractivity contribution in [1.82, 2.24) is 0 Å². The first-order valence-electron chi connectivity index (χ1n) is 2.68. The van der Waals surface area contributed by atoms with Gasteiger partial charge < -0.3 is 19.1 Å². The SMILES string of the molecule is CCCOC(=O)P(=O)([O-])[O-].[Li+].[Li+]. The van der Waals surface area contributed by atoms with Crippen molar-refractivity contribution in [2.24, 2.45) is 0 Å². The molecule has 0 bridgehead atoms. The summed E-state index contributed by atoms with van der Waals surface area (Å²) in [6.45, 7) is 1.65. The summed E-state index contributed by atoms with van der Waals surface area (Å²) < 4.78 is 13.9. The second-order valence-electron chi connectivity index (χ2n) is 1.61. The first kappa shape index (κ1) is 18.6. The first-order valence-corrected chi connectivity index (χ1v) is 4.22. The van der Waals surface area contributed by atoms with Crippen LogP contribution in [0.25, 0.3) is 0 Å². The Hall–Kier alpha value is 0.815. The Kier molecular flexibility index (Phi) is 13.0. The number of rotatable bonds is 3. The molecule has 0 spiro atoms. The Morgan fingerprint density at radius 2 is 1.83 bits per heavy atom.